The first-order valence-electron chi connectivity index (χ1n) is 10.3. The highest BCUT2D eigenvalue weighted by Crippen LogP contribution is 2.46. The van der Waals surface area contributed by atoms with Gasteiger partial charge in [0.15, 0.2) is 5.82 Å². The van der Waals surface area contributed by atoms with Crippen molar-refractivity contribution in [1.29, 1.82) is 0 Å². The third-order valence-electron chi connectivity index (χ3n) is 5.55. The summed E-state index contributed by atoms with van der Waals surface area (Å²) < 4.78 is 13.8. The molecule has 2 aromatic heterocycles. The zero-order chi connectivity index (χ0) is 22.4. The molecule has 1 fully saturated rings. The number of aromatic nitrogens is 3. The molecule has 1 aromatic carbocycles. The smallest absolute Gasteiger partial charge is 0.224 e. The van der Waals surface area contributed by atoms with Gasteiger partial charge in [-0.05, 0) is 76.9 Å². The Morgan fingerprint density at radius 2 is 1.68 bits per heavy atom. The third kappa shape index (κ3) is 4.45. The minimum Gasteiger partial charge on any atom is -0.480 e. The molecule has 0 radical (unpaired) electrons. The van der Waals surface area contributed by atoms with E-state index < -0.39 is 0 Å². The second-order valence-corrected chi connectivity index (χ2v) is 10.0. The number of halogens is 2. The van der Waals surface area contributed by atoms with Crippen LogP contribution >= 0.6 is 23.2 Å². The van der Waals surface area contributed by atoms with Crippen LogP contribution in [0.1, 0.15) is 52.1 Å². The lowest BCUT2D eigenvalue weighted by Crippen LogP contribution is -2.44. The van der Waals surface area contributed by atoms with Gasteiger partial charge in [-0.15, -0.1) is 0 Å². The van der Waals surface area contributed by atoms with E-state index in [1.165, 1.54) is 0 Å². The number of hydrogen-bond acceptors (Lipinski definition) is 4. The van der Waals surface area contributed by atoms with Crippen molar-refractivity contribution in [3.63, 3.8) is 0 Å². The summed E-state index contributed by atoms with van der Waals surface area (Å²) in [6.45, 7) is 8.48. The summed E-state index contributed by atoms with van der Waals surface area (Å²) >= 11 is 13.2. The molecule has 0 unspecified atom stereocenters. The van der Waals surface area contributed by atoms with Gasteiger partial charge >= 0.3 is 0 Å². The molecule has 3 aromatic rings. The molecular weight excluding hydrogens is 433 g/mol. The molecule has 0 bridgehead atoms. The van der Waals surface area contributed by atoms with Crippen LogP contribution in [0.5, 0.6) is 5.88 Å². The zero-order valence-electron chi connectivity index (χ0n) is 18.4. The Labute approximate surface area is 193 Å². The van der Waals surface area contributed by atoms with Gasteiger partial charge in [0.2, 0.25) is 5.88 Å². The molecule has 0 saturated carbocycles. The van der Waals surface area contributed by atoms with E-state index in [4.69, 9.17) is 37.7 Å². The van der Waals surface area contributed by atoms with E-state index in [1.807, 2.05) is 41.0 Å². The van der Waals surface area contributed by atoms with Gasteiger partial charge in [-0.3, -0.25) is 4.57 Å². The Kier molecular flexibility index (Phi) is 5.80. The lowest BCUT2D eigenvalue weighted by Gasteiger charge is -2.45. The quantitative estimate of drug-likeness (QED) is 0.435. The number of rotatable bonds is 4. The largest absolute Gasteiger partial charge is 0.480 e. The fraction of sp³-hybridized carbons (Fsp3) is 0.417. The molecule has 1 aliphatic heterocycles. The van der Waals surface area contributed by atoms with E-state index >= 15 is 0 Å². The molecule has 5 nitrogen and oxygen atoms in total. The van der Waals surface area contributed by atoms with E-state index in [1.54, 1.807) is 13.3 Å². The van der Waals surface area contributed by atoms with Gasteiger partial charge in [-0.25, -0.2) is 9.97 Å². The number of ether oxygens (including phenoxy) is 2. The molecule has 1 saturated heterocycles. The fourth-order valence-corrected chi connectivity index (χ4v) is 5.19. The van der Waals surface area contributed by atoms with E-state index in [-0.39, 0.29) is 17.1 Å². The Hall–Kier alpha value is -2.08. The monoisotopic (exact) mass is 459 g/mol. The van der Waals surface area contributed by atoms with Crippen molar-refractivity contribution >= 4 is 23.2 Å². The SMILES string of the molecule is COc1ncccc1-c1nc(C2CC(C)(C)OC(C)(C)C2)c(Cl)n1-c1ccc(Cl)cc1. The zero-order valence-corrected chi connectivity index (χ0v) is 20.0. The van der Waals surface area contributed by atoms with Gasteiger partial charge in [0.25, 0.3) is 0 Å². The standard InChI is InChI=1S/C24H27Cl2N3O2/c1-23(2)13-15(14-24(3,4)31-23)19-20(26)29(17-10-8-16(25)9-11-17)21(28-19)18-7-6-12-27-22(18)30-5/h6-12,15H,13-14H2,1-5H3. The van der Waals surface area contributed by atoms with Crippen molar-refractivity contribution in [2.75, 3.05) is 7.11 Å². The fourth-order valence-electron chi connectivity index (χ4n) is 4.69. The predicted molar refractivity (Wildman–Crippen MR) is 125 cm³/mol. The highest BCUT2D eigenvalue weighted by atomic mass is 35.5. The second-order valence-electron chi connectivity index (χ2n) is 9.21. The first-order chi connectivity index (χ1) is 14.6. The van der Waals surface area contributed by atoms with Gasteiger partial charge in [0, 0.05) is 22.8 Å². The van der Waals surface area contributed by atoms with E-state index in [0.29, 0.717) is 21.9 Å². The topological polar surface area (TPSA) is 49.2 Å². The number of nitrogens with zero attached hydrogens (tertiary/aromatic N) is 3. The van der Waals surface area contributed by atoms with Crippen LogP contribution < -0.4 is 4.74 Å². The first-order valence-corrected chi connectivity index (χ1v) is 11.1. The Bertz CT molecular complexity index is 1070. The van der Waals surface area contributed by atoms with Gasteiger partial charge < -0.3 is 9.47 Å². The molecule has 0 amide bonds. The summed E-state index contributed by atoms with van der Waals surface area (Å²) in [5.74, 6) is 1.34. The van der Waals surface area contributed by atoms with Crippen LogP contribution in [0, 0.1) is 0 Å². The van der Waals surface area contributed by atoms with Crippen LogP contribution in [0.15, 0.2) is 42.6 Å². The average molecular weight is 460 g/mol. The molecular formula is C24H27Cl2N3O2. The average Bonchev–Trinajstić information content (AvgIpc) is 3.03. The van der Waals surface area contributed by atoms with Crippen LogP contribution in [-0.2, 0) is 4.74 Å². The van der Waals surface area contributed by atoms with Crippen LogP contribution in [0.2, 0.25) is 10.2 Å². The molecule has 164 valence electrons. The summed E-state index contributed by atoms with van der Waals surface area (Å²) in [4.78, 5) is 9.42. The Morgan fingerprint density at radius 3 is 2.29 bits per heavy atom. The summed E-state index contributed by atoms with van der Waals surface area (Å²) in [5.41, 5.74) is 1.97. The predicted octanol–water partition coefficient (Wildman–Crippen LogP) is 6.70. The summed E-state index contributed by atoms with van der Waals surface area (Å²) in [5, 5.41) is 1.25. The minimum absolute atomic E-state index is 0.154. The number of imidazole rings is 1. The van der Waals surface area contributed by atoms with E-state index in [0.717, 1.165) is 29.8 Å². The van der Waals surface area contributed by atoms with Gasteiger partial charge in [0.05, 0.1) is 29.6 Å². The number of benzene rings is 1. The highest BCUT2D eigenvalue weighted by Gasteiger charge is 2.42. The Balaban J connectivity index is 1.92. The van der Waals surface area contributed by atoms with E-state index in [9.17, 15) is 0 Å². The minimum atomic E-state index is -0.272. The molecule has 4 rings (SSSR count). The highest BCUT2D eigenvalue weighted by molar-refractivity contribution is 6.31. The molecule has 0 N–H and O–H groups in total. The van der Waals surface area contributed by atoms with Gasteiger partial charge in [-0.2, -0.15) is 0 Å². The molecule has 7 heteroatoms. The van der Waals surface area contributed by atoms with E-state index in [2.05, 4.69) is 32.7 Å². The van der Waals surface area contributed by atoms with Crippen molar-refractivity contribution in [2.24, 2.45) is 0 Å². The number of methoxy groups -OCH3 is 1. The molecule has 0 spiro atoms. The van der Waals surface area contributed by atoms with Gasteiger partial charge in [-0.1, -0.05) is 23.2 Å². The normalized spacial score (nSPS) is 18.2. The number of hydrogen-bond donors (Lipinski definition) is 0. The maximum atomic E-state index is 7.03. The number of pyridine rings is 1. The van der Waals surface area contributed by atoms with Crippen LogP contribution in [0.3, 0.4) is 0 Å². The maximum absolute atomic E-state index is 7.03. The van der Waals surface area contributed by atoms with Crippen molar-refractivity contribution in [1.82, 2.24) is 14.5 Å². The van der Waals surface area contributed by atoms with Crippen molar-refractivity contribution in [2.45, 2.75) is 57.7 Å². The Morgan fingerprint density at radius 1 is 1.03 bits per heavy atom. The van der Waals surface area contributed by atoms with Crippen molar-refractivity contribution < 1.29 is 9.47 Å². The maximum Gasteiger partial charge on any atom is 0.224 e. The summed E-state index contributed by atoms with van der Waals surface area (Å²) in [6, 6.07) is 11.4. The van der Waals surface area contributed by atoms with Crippen LogP contribution in [-0.4, -0.2) is 32.8 Å². The molecule has 1 aliphatic rings. The summed E-state index contributed by atoms with van der Waals surface area (Å²) in [7, 11) is 1.60. The van der Waals surface area contributed by atoms with Crippen LogP contribution in [0.4, 0.5) is 0 Å². The molecule has 3 heterocycles. The molecule has 0 atom stereocenters. The summed E-state index contributed by atoms with van der Waals surface area (Å²) in [6.07, 6.45) is 3.36. The third-order valence-corrected chi connectivity index (χ3v) is 6.17. The molecule has 0 aliphatic carbocycles. The lowest BCUT2D eigenvalue weighted by molar-refractivity contribution is -0.162. The van der Waals surface area contributed by atoms with Crippen molar-refractivity contribution in [3.8, 4) is 23.0 Å². The van der Waals surface area contributed by atoms with Crippen molar-refractivity contribution in [3.05, 3.63) is 58.5 Å². The molecule has 31 heavy (non-hydrogen) atoms. The lowest BCUT2D eigenvalue weighted by atomic mass is 9.79. The second kappa shape index (κ2) is 8.12. The first kappa shape index (κ1) is 22.1. The van der Waals surface area contributed by atoms with Crippen LogP contribution in [0.25, 0.3) is 17.1 Å². The van der Waals surface area contributed by atoms with Gasteiger partial charge in [0.1, 0.15) is 5.15 Å².